The van der Waals surface area contributed by atoms with E-state index in [-0.39, 0.29) is 0 Å². The highest BCUT2D eigenvalue weighted by molar-refractivity contribution is 5.42. The highest BCUT2D eigenvalue weighted by Crippen LogP contribution is 2.21. The van der Waals surface area contributed by atoms with Gasteiger partial charge in [0.1, 0.15) is 0 Å². The summed E-state index contributed by atoms with van der Waals surface area (Å²) >= 11 is 0. The molecule has 0 bridgehead atoms. The summed E-state index contributed by atoms with van der Waals surface area (Å²) in [5.41, 5.74) is 9.34. The smallest absolute Gasteiger partial charge is 0.0375 e. The molecule has 94 valence electrons. The van der Waals surface area contributed by atoms with Crippen LogP contribution in [0.1, 0.15) is 39.1 Å². The van der Waals surface area contributed by atoms with E-state index in [2.05, 4.69) is 57.8 Å². The lowest BCUT2D eigenvalue weighted by Crippen LogP contribution is -2.00. The first-order chi connectivity index (χ1) is 8.47. The molecule has 1 aromatic carbocycles. The topological polar surface area (TPSA) is 12.9 Å². The Morgan fingerprint density at radius 2 is 1.44 bits per heavy atom. The summed E-state index contributed by atoms with van der Waals surface area (Å²) in [5.74, 6) is 0. The number of hydrogen-bond acceptors (Lipinski definition) is 1. The molecule has 0 fully saturated rings. The van der Waals surface area contributed by atoms with Gasteiger partial charge < -0.3 is 0 Å². The molecule has 0 saturated heterocycles. The molecule has 1 heterocycles. The van der Waals surface area contributed by atoms with Gasteiger partial charge in [-0.25, -0.2) is 0 Å². The Morgan fingerprint density at radius 3 is 2.06 bits per heavy atom. The Kier molecular flexibility index (Phi) is 3.51. The highest BCUT2D eigenvalue weighted by Gasteiger charge is 2.07. The predicted octanol–water partition coefficient (Wildman–Crippen LogP) is 4.21. The Hall–Kier alpha value is -1.63. The van der Waals surface area contributed by atoms with Crippen molar-refractivity contribution in [3.8, 4) is 0 Å². The van der Waals surface area contributed by atoms with E-state index in [1.807, 2.05) is 6.20 Å². The van der Waals surface area contributed by atoms with Crippen molar-refractivity contribution in [2.24, 2.45) is 0 Å². The van der Waals surface area contributed by atoms with Crippen molar-refractivity contribution in [3.05, 3.63) is 63.5 Å². The predicted molar refractivity (Wildman–Crippen MR) is 77.2 cm³/mol. The average molecular weight is 239 g/mol. The standard InChI is InChI=1S/C17H21N/c1-11-6-12(2)17(13(3)7-11)9-16-8-15(5)18-10-14(16)4/h6-8,10H,9H2,1-5H3. The van der Waals surface area contributed by atoms with E-state index in [0.29, 0.717) is 0 Å². The molecule has 1 heteroatoms. The fourth-order valence-electron chi connectivity index (χ4n) is 2.55. The monoisotopic (exact) mass is 239 g/mol. The van der Waals surface area contributed by atoms with Crippen molar-refractivity contribution >= 4 is 0 Å². The normalized spacial score (nSPS) is 10.7. The van der Waals surface area contributed by atoms with Crippen molar-refractivity contribution in [1.29, 1.82) is 0 Å². The van der Waals surface area contributed by atoms with Crippen molar-refractivity contribution in [2.45, 2.75) is 41.0 Å². The van der Waals surface area contributed by atoms with E-state index in [9.17, 15) is 0 Å². The molecular weight excluding hydrogens is 218 g/mol. The zero-order chi connectivity index (χ0) is 13.3. The summed E-state index contributed by atoms with van der Waals surface area (Å²) in [4.78, 5) is 4.34. The summed E-state index contributed by atoms with van der Waals surface area (Å²) < 4.78 is 0. The molecule has 0 aliphatic carbocycles. The molecule has 0 amide bonds. The molecule has 0 spiro atoms. The molecule has 1 nitrogen and oxygen atoms in total. The van der Waals surface area contributed by atoms with E-state index in [1.54, 1.807) is 0 Å². The number of nitrogens with zero attached hydrogens (tertiary/aromatic N) is 1. The van der Waals surface area contributed by atoms with Gasteiger partial charge in [-0.15, -0.1) is 0 Å². The van der Waals surface area contributed by atoms with Crippen molar-refractivity contribution in [3.63, 3.8) is 0 Å². The molecule has 2 rings (SSSR count). The number of hydrogen-bond donors (Lipinski definition) is 0. The first-order valence-electron chi connectivity index (χ1n) is 6.46. The first kappa shape index (κ1) is 12.8. The Bertz CT molecular complexity index is 559. The molecule has 1 aromatic heterocycles. The SMILES string of the molecule is Cc1cc(C)c(Cc2cc(C)ncc2C)c(C)c1. The number of pyridine rings is 1. The maximum Gasteiger partial charge on any atom is 0.0375 e. The number of aromatic nitrogens is 1. The lowest BCUT2D eigenvalue weighted by atomic mass is 9.93. The minimum atomic E-state index is 1.01. The third-order valence-corrected chi connectivity index (χ3v) is 3.56. The molecule has 2 aromatic rings. The van der Waals surface area contributed by atoms with Gasteiger partial charge in [-0.05, 0) is 74.9 Å². The van der Waals surface area contributed by atoms with E-state index >= 15 is 0 Å². The summed E-state index contributed by atoms with van der Waals surface area (Å²) in [6.07, 6.45) is 2.98. The Labute approximate surface area is 110 Å². The van der Waals surface area contributed by atoms with Gasteiger partial charge in [0.05, 0.1) is 0 Å². The number of aryl methyl sites for hydroxylation is 5. The number of rotatable bonds is 2. The highest BCUT2D eigenvalue weighted by atomic mass is 14.7. The van der Waals surface area contributed by atoms with E-state index < -0.39 is 0 Å². The van der Waals surface area contributed by atoms with Gasteiger partial charge in [-0.1, -0.05) is 17.7 Å². The van der Waals surface area contributed by atoms with Crippen LogP contribution in [0.25, 0.3) is 0 Å². The summed E-state index contributed by atoms with van der Waals surface area (Å²) in [6, 6.07) is 6.74. The largest absolute Gasteiger partial charge is 0.261 e. The van der Waals surface area contributed by atoms with Gasteiger partial charge in [0.25, 0.3) is 0 Å². The fraction of sp³-hybridized carbons (Fsp3) is 0.353. The van der Waals surface area contributed by atoms with Crippen molar-refractivity contribution < 1.29 is 0 Å². The molecule has 18 heavy (non-hydrogen) atoms. The number of benzene rings is 1. The molecule has 0 saturated carbocycles. The van der Waals surface area contributed by atoms with Crippen LogP contribution in [0.15, 0.2) is 24.4 Å². The molecule has 0 atom stereocenters. The third kappa shape index (κ3) is 2.61. The van der Waals surface area contributed by atoms with Crippen molar-refractivity contribution in [2.75, 3.05) is 0 Å². The van der Waals surface area contributed by atoms with Gasteiger partial charge in [0, 0.05) is 11.9 Å². The minimum absolute atomic E-state index is 1.01. The molecule has 0 N–H and O–H groups in total. The average Bonchev–Trinajstić information content (AvgIpc) is 2.28. The second-order valence-corrected chi connectivity index (χ2v) is 5.31. The summed E-state index contributed by atoms with van der Waals surface area (Å²) in [6.45, 7) is 10.8. The van der Waals surface area contributed by atoms with Crippen molar-refractivity contribution in [1.82, 2.24) is 4.98 Å². The van der Waals surface area contributed by atoms with Crippen LogP contribution >= 0.6 is 0 Å². The first-order valence-corrected chi connectivity index (χ1v) is 6.46. The van der Waals surface area contributed by atoms with E-state index in [0.717, 1.165) is 12.1 Å². The van der Waals surface area contributed by atoms with Gasteiger partial charge >= 0.3 is 0 Å². The fourth-order valence-corrected chi connectivity index (χ4v) is 2.55. The van der Waals surface area contributed by atoms with Crippen LogP contribution in [0.4, 0.5) is 0 Å². The molecule has 0 aliphatic rings. The zero-order valence-corrected chi connectivity index (χ0v) is 12.0. The van der Waals surface area contributed by atoms with Crippen LogP contribution in [-0.4, -0.2) is 4.98 Å². The lowest BCUT2D eigenvalue weighted by molar-refractivity contribution is 1.05. The summed E-state index contributed by atoms with van der Waals surface area (Å²) in [5, 5.41) is 0. The molecular formula is C17H21N. The molecule has 0 unspecified atom stereocenters. The van der Waals surface area contributed by atoms with Crippen LogP contribution in [-0.2, 0) is 6.42 Å². The third-order valence-electron chi connectivity index (χ3n) is 3.56. The van der Waals surface area contributed by atoms with Crippen LogP contribution in [0, 0.1) is 34.6 Å². The van der Waals surface area contributed by atoms with Crippen LogP contribution < -0.4 is 0 Å². The van der Waals surface area contributed by atoms with Crippen LogP contribution in [0.2, 0.25) is 0 Å². The van der Waals surface area contributed by atoms with Crippen LogP contribution in [0.5, 0.6) is 0 Å². The van der Waals surface area contributed by atoms with Gasteiger partial charge in [0.15, 0.2) is 0 Å². The zero-order valence-electron chi connectivity index (χ0n) is 12.0. The minimum Gasteiger partial charge on any atom is -0.261 e. The second-order valence-electron chi connectivity index (χ2n) is 5.31. The van der Waals surface area contributed by atoms with Gasteiger partial charge in [-0.3, -0.25) is 4.98 Å². The lowest BCUT2D eigenvalue weighted by Gasteiger charge is -2.13. The maximum atomic E-state index is 4.34. The van der Waals surface area contributed by atoms with E-state index in [4.69, 9.17) is 0 Å². The molecule has 0 radical (unpaired) electrons. The van der Waals surface area contributed by atoms with Gasteiger partial charge in [0.2, 0.25) is 0 Å². The molecule has 0 aliphatic heterocycles. The van der Waals surface area contributed by atoms with Gasteiger partial charge in [-0.2, -0.15) is 0 Å². The van der Waals surface area contributed by atoms with Crippen LogP contribution in [0.3, 0.4) is 0 Å². The maximum absolute atomic E-state index is 4.34. The quantitative estimate of drug-likeness (QED) is 0.765. The Morgan fingerprint density at radius 1 is 0.833 bits per heavy atom. The summed E-state index contributed by atoms with van der Waals surface area (Å²) in [7, 11) is 0. The second kappa shape index (κ2) is 4.93. The van der Waals surface area contributed by atoms with E-state index in [1.165, 1.54) is 33.4 Å². The Balaban J connectivity index is 2.43.